The van der Waals surface area contributed by atoms with E-state index in [4.69, 9.17) is 0 Å². The molecule has 1 saturated heterocycles. The molecule has 28 heavy (non-hydrogen) atoms. The Kier molecular flexibility index (Phi) is 4.30. The van der Waals surface area contributed by atoms with Crippen molar-refractivity contribution >= 4 is 23.9 Å². The van der Waals surface area contributed by atoms with Gasteiger partial charge < -0.3 is 20.0 Å². The van der Waals surface area contributed by atoms with Gasteiger partial charge in [0.1, 0.15) is 11.7 Å². The number of aryl methyl sites for hydroxylation is 2. The lowest BCUT2D eigenvalue weighted by molar-refractivity contribution is 0.167. The molecule has 0 aromatic heterocycles. The summed E-state index contributed by atoms with van der Waals surface area (Å²) in [4.78, 5) is 28.1. The van der Waals surface area contributed by atoms with Gasteiger partial charge in [-0.1, -0.05) is 6.07 Å². The van der Waals surface area contributed by atoms with E-state index in [1.165, 1.54) is 17.5 Å². The second kappa shape index (κ2) is 6.96. The lowest BCUT2D eigenvalue weighted by Gasteiger charge is -2.36. The van der Waals surface area contributed by atoms with Crippen molar-refractivity contribution in [2.75, 3.05) is 38.0 Å². The Morgan fingerprint density at radius 2 is 1.96 bits per heavy atom. The van der Waals surface area contributed by atoms with Crippen LogP contribution in [0.1, 0.15) is 24.5 Å². The fourth-order valence-electron chi connectivity index (χ4n) is 4.39. The molecule has 2 amide bonds. The molecule has 0 saturated carbocycles. The summed E-state index contributed by atoms with van der Waals surface area (Å²) < 4.78 is 0. The van der Waals surface area contributed by atoms with Gasteiger partial charge in [-0.05, 0) is 49.4 Å². The number of nitrogens with zero attached hydrogens (tertiary/aromatic N) is 5. The SMILES string of the molecule is CC1CN2C=NC(N3CCN(C(=O)Nc4ccc5c(c4)CCC5)CC3)=CC2=N1. The van der Waals surface area contributed by atoms with Crippen LogP contribution in [0.4, 0.5) is 10.5 Å². The van der Waals surface area contributed by atoms with Crippen molar-refractivity contribution in [3.63, 3.8) is 0 Å². The first-order valence-corrected chi connectivity index (χ1v) is 10.2. The van der Waals surface area contributed by atoms with Crippen LogP contribution in [0.2, 0.25) is 0 Å². The summed E-state index contributed by atoms with van der Waals surface area (Å²) >= 11 is 0. The molecule has 3 heterocycles. The number of carbonyl (C=O) groups excluding carboxylic acids is 1. The van der Waals surface area contributed by atoms with Crippen LogP contribution in [-0.4, -0.2) is 71.7 Å². The van der Waals surface area contributed by atoms with Gasteiger partial charge in [0, 0.05) is 44.5 Å². The maximum atomic E-state index is 12.7. The first-order chi connectivity index (χ1) is 13.7. The van der Waals surface area contributed by atoms with E-state index in [0.717, 1.165) is 49.8 Å². The molecule has 1 aromatic rings. The number of hydrogen-bond acceptors (Lipinski definition) is 5. The Bertz CT molecular complexity index is 881. The summed E-state index contributed by atoms with van der Waals surface area (Å²) in [6, 6.07) is 6.61. The van der Waals surface area contributed by atoms with Crippen molar-refractivity contribution in [3.8, 4) is 0 Å². The summed E-state index contributed by atoms with van der Waals surface area (Å²) in [5.41, 5.74) is 3.71. The minimum absolute atomic E-state index is 0.0149. The van der Waals surface area contributed by atoms with Crippen LogP contribution >= 0.6 is 0 Å². The monoisotopic (exact) mass is 378 g/mol. The molecule has 0 spiro atoms. The van der Waals surface area contributed by atoms with E-state index in [9.17, 15) is 4.79 Å². The molecule has 1 fully saturated rings. The third kappa shape index (κ3) is 3.25. The minimum Gasteiger partial charge on any atom is -0.353 e. The standard InChI is InChI=1S/C21H26N6O/c1-15-13-27-14-22-19(12-20(27)23-15)25-7-9-26(10-8-25)21(28)24-18-6-5-16-3-2-4-17(16)11-18/h5-6,11-12,14-15H,2-4,7-10,13H2,1H3,(H,24,28). The maximum absolute atomic E-state index is 12.7. The molecule has 1 atom stereocenters. The summed E-state index contributed by atoms with van der Waals surface area (Å²) in [5, 5.41) is 3.07. The number of rotatable bonds is 2. The van der Waals surface area contributed by atoms with Gasteiger partial charge in [0.15, 0.2) is 0 Å². The molecule has 1 unspecified atom stereocenters. The number of amidine groups is 1. The zero-order valence-corrected chi connectivity index (χ0v) is 16.3. The second-order valence-electron chi connectivity index (χ2n) is 7.98. The molecule has 146 valence electrons. The van der Waals surface area contributed by atoms with Crippen molar-refractivity contribution in [2.24, 2.45) is 9.98 Å². The first kappa shape index (κ1) is 17.3. The highest BCUT2D eigenvalue weighted by atomic mass is 16.2. The number of amides is 2. The van der Waals surface area contributed by atoms with Crippen LogP contribution in [0.15, 0.2) is 40.1 Å². The number of aliphatic imine (C=N–C) groups is 2. The molecule has 1 aromatic carbocycles. The lowest BCUT2D eigenvalue weighted by atomic mass is 10.1. The third-order valence-electron chi connectivity index (χ3n) is 5.94. The summed E-state index contributed by atoms with van der Waals surface area (Å²) in [7, 11) is 0. The number of piperazine rings is 1. The van der Waals surface area contributed by atoms with Crippen molar-refractivity contribution in [2.45, 2.75) is 32.2 Å². The smallest absolute Gasteiger partial charge is 0.321 e. The van der Waals surface area contributed by atoms with Gasteiger partial charge in [0.05, 0.1) is 12.4 Å². The molecule has 0 bridgehead atoms. The van der Waals surface area contributed by atoms with Gasteiger partial charge in [0.2, 0.25) is 0 Å². The Morgan fingerprint density at radius 1 is 1.14 bits per heavy atom. The Morgan fingerprint density at radius 3 is 2.82 bits per heavy atom. The van der Waals surface area contributed by atoms with Crippen molar-refractivity contribution in [1.29, 1.82) is 0 Å². The highest BCUT2D eigenvalue weighted by Crippen LogP contribution is 2.25. The van der Waals surface area contributed by atoms with E-state index < -0.39 is 0 Å². The van der Waals surface area contributed by atoms with E-state index in [2.05, 4.69) is 50.2 Å². The number of nitrogens with one attached hydrogen (secondary N) is 1. The van der Waals surface area contributed by atoms with Gasteiger partial charge in [-0.15, -0.1) is 0 Å². The number of benzene rings is 1. The largest absolute Gasteiger partial charge is 0.353 e. The molecule has 1 aliphatic carbocycles. The summed E-state index contributed by atoms with van der Waals surface area (Å²) in [5.74, 6) is 1.94. The summed E-state index contributed by atoms with van der Waals surface area (Å²) in [6.07, 6.45) is 7.44. The highest BCUT2D eigenvalue weighted by Gasteiger charge is 2.27. The molecular formula is C21H26N6O. The van der Waals surface area contributed by atoms with E-state index in [1.54, 1.807) is 0 Å². The number of hydrogen-bond donors (Lipinski definition) is 1. The topological polar surface area (TPSA) is 63.5 Å². The average Bonchev–Trinajstić information content (AvgIpc) is 3.32. The Labute approximate surface area is 165 Å². The van der Waals surface area contributed by atoms with E-state index in [0.29, 0.717) is 19.1 Å². The van der Waals surface area contributed by atoms with Crippen LogP contribution in [0, 0.1) is 0 Å². The van der Waals surface area contributed by atoms with Crippen molar-refractivity contribution < 1.29 is 4.79 Å². The highest BCUT2D eigenvalue weighted by molar-refractivity contribution is 6.03. The lowest BCUT2D eigenvalue weighted by Crippen LogP contribution is -2.49. The zero-order chi connectivity index (χ0) is 19.1. The molecule has 1 N–H and O–H groups in total. The van der Waals surface area contributed by atoms with Crippen molar-refractivity contribution in [1.82, 2.24) is 14.7 Å². The quantitative estimate of drug-likeness (QED) is 0.859. The number of anilines is 1. The van der Waals surface area contributed by atoms with Crippen LogP contribution in [-0.2, 0) is 12.8 Å². The Hall–Kier alpha value is -2.83. The molecule has 7 heteroatoms. The average molecular weight is 378 g/mol. The molecular weight excluding hydrogens is 352 g/mol. The van der Waals surface area contributed by atoms with E-state index in [-0.39, 0.29) is 6.03 Å². The summed E-state index contributed by atoms with van der Waals surface area (Å²) in [6.45, 7) is 5.96. The van der Waals surface area contributed by atoms with Crippen molar-refractivity contribution in [3.05, 3.63) is 41.2 Å². The fourth-order valence-corrected chi connectivity index (χ4v) is 4.39. The van der Waals surface area contributed by atoms with Crippen LogP contribution in [0.25, 0.3) is 0 Å². The molecule has 5 rings (SSSR count). The third-order valence-corrected chi connectivity index (χ3v) is 5.94. The van der Waals surface area contributed by atoms with Gasteiger partial charge in [0.25, 0.3) is 0 Å². The molecule has 7 nitrogen and oxygen atoms in total. The normalized spacial score (nSPS) is 23.3. The predicted octanol–water partition coefficient (Wildman–Crippen LogP) is 2.31. The van der Waals surface area contributed by atoms with Crippen LogP contribution in [0.5, 0.6) is 0 Å². The molecule has 4 aliphatic rings. The fraction of sp³-hybridized carbons (Fsp3) is 0.476. The van der Waals surface area contributed by atoms with Gasteiger partial charge in [-0.2, -0.15) is 0 Å². The van der Waals surface area contributed by atoms with Gasteiger partial charge in [-0.3, -0.25) is 4.99 Å². The molecule has 3 aliphatic heterocycles. The van der Waals surface area contributed by atoms with Gasteiger partial charge >= 0.3 is 6.03 Å². The first-order valence-electron chi connectivity index (χ1n) is 10.2. The zero-order valence-electron chi connectivity index (χ0n) is 16.3. The maximum Gasteiger partial charge on any atom is 0.321 e. The van der Waals surface area contributed by atoms with Gasteiger partial charge in [-0.25, -0.2) is 9.79 Å². The second-order valence-corrected chi connectivity index (χ2v) is 7.98. The van der Waals surface area contributed by atoms with Crippen LogP contribution < -0.4 is 5.32 Å². The van der Waals surface area contributed by atoms with E-state index >= 15 is 0 Å². The Balaban J connectivity index is 1.18. The predicted molar refractivity (Wildman–Crippen MR) is 111 cm³/mol. The number of urea groups is 1. The molecule has 0 radical (unpaired) electrons. The van der Waals surface area contributed by atoms with E-state index in [1.807, 2.05) is 17.3 Å². The van der Waals surface area contributed by atoms with Crippen LogP contribution in [0.3, 0.4) is 0 Å². The minimum atomic E-state index is -0.0149. The number of fused-ring (bicyclic) bond motifs is 2. The number of carbonyl (C=O) groups is 1.